The van der Waals surface area contributed by atoms with Crippen LogP contribution in [0.2, 0.25) is 0 Å². The Hall–Kier alpha value is -1.33. The van der Waals surface area contributed by atoms with Gasteiger partial charge in [-0.15, -0.1) is 0 Å². The fourth-order valence-electron chi connectivity index (χ4n) is 3.15. The summed E-state index contributed by atoms with van der Waals surface area (Å²) in [6.45, 7) is 5.72. The molecule has 5 nitrogen and oxygen atoms in total. The summed E-state index contributed by atoms with van der Waals surface area (Å²) in [5.74, 6) is 0.196. The molecule has 2 aliphatic heterocycles. The Balaban J connectivity index is 1.73. The molecule has 0 unspecified atom stereocenters. The van der Waals surface area contributed by atoms with Crippen molar-refractivity contribution in [3.05, 3.63) is 24.0 Å². The first kappa shape index (κ1) is 13.6. The topological polar surface area (TPSA) is 40.5 Å². The van der Waals surface area contributed by atoms with Gasteiger partial charge in [0.1, 0.15) is 5.69 Å². The minimum atomic E-state index is 0.196. The predicted molar refractivity (Wildman–Crippen MR) is 79.0 cm³/mol. The first-order valence-electron chi connectivity index (χ1n) is 7.61. The summed E-state index contributed by atoms with van der Waals surface area (Å²) in [7, 11) is 2.11. The van der Waals surface area contributed by atoms with E-state index in [0.717, 1.165) is 57.8 Å². The van der Waals surface area contributed by atoms with Gasteiger partial charge >= 0.3 is 0 Å². The molecule has 0 radical (unpaired) electrons. The summed E-state index contributed by atoms with van der Waals surface area (Å²) in [6, 6.07) is 4.45. The van der Waals surface area contributed by atoms with Crippen molar-refractivity contribution in [2.45, 2.75) is 18.9 Å². The molecule has 0 bridgehead atoms. The molecule has 0 atom stereocenters. The number of piperazine rings is 1. The summed E-state index contributed by atoms with van der Waals surface area (Å²) in [4.78, 5) is 17.0. The molecule has 1 aromatic heterocycles. The highest BCUT2D eigenvalue weighted by molar-refractivity contribution is 5.93. The SMILES string of the molecule is CN1CCN(C(=O)c2cccn2C2CCNCC2)CC1. The Morgan fingerprint density at radius 3 is 2.60 bits per heavy atom. The average Bonchev–Trinajstić information content (AvgIpc) is 2.97. The standard InChI is InChI=1S/C15H24N4O/c1-17-9-11-18(12-10-17)15(20)14-3-2-8-19(14)13-4-6-16-7-5-13/h2-3,8,13,16H,4-7,9-12H2,1H3. The van der Waals surface area contributed by atoms with Crippen molar-refractivity contribution in [2.75, 3.05) is 46.3 Å². The zero-order valence-electron chi connectivity index (χ0n) is 12.2. The first-order chi connectivity index (χ1) is 9.75. The Morgan fingerprint density at radius 1 is 1.20 bits per heavy atom. The summed E-state index contributed by atoms with van der Waals surface area (Å²) in [6.07, 6.45) is 4.29. The zero-order chi connectivity index (χ0) is 13.9. The minimum absolute atomic E-state index is 0.196. The number of hydrogen-bond acceptors (Lipinski definition) is 3. The van der Waals surface area contributed by atoms with E-state index < -0.39 is 0 Å². The number of hydrogen-bond donors (Lipinski definition) is 1. The highest BCUT2D eigenvalue weighted by Gasteiger charge is 2.25. The maximum absolute atomic E-state index is 12.7. The Morgan fingerprint density at radius 2 is 1.90 bits per heavy atom. The third-order valence-corrected chi connectivity index (χ3v) is 4.49. The lowest BCUT2D eigenvalue weighted by atomic mass is 10.1. The van der Waals surface area contributed by atoms with E-state index in [1.54, 1.807) is 0 Å². The maximum Gasteiger partial charge on any atom is 0.270 e. The molecule has 20 heavy (non-hydrogen) atoms. The number of rotatable bonds is 2. The van der Waals surface area contributed by atoms with Gasteiger partial charge in [-0.05, 0) is 45.1 Å². The zero-order valence-corrected chi connectivity index (χ0v) is 12.2. The number of nitrogens with zero attached hydrogens (tertiary/aromatic N) is 3. The molecule has 3 rings (SSSR count). The van der Waals surface area contributed by atoms with E-state index >= 15 is 0 Å². The van der Waals surface area contributed by atoms with Crippen molar-refractivity contribution in [2.24, 2.45) is 0 Å². The minimum Gasteiger partial charge on any atom is -0.340 e. The molecule has 0 saturated carbocycles. The second kappa shape index (κ2) is 5.97. The van der Waals surface area contributed by atoms with E-state index in [0.29, 0.717) is 6.04 Å². The van der Waals surface area contributed by atoms with Gasteiger partial charge in [0.05, 0.1) is 0 Å². The molecule has 0 aromatic carbocycles. The van der Waals surface area contributed by atoms with Crippen molar-refractivity contribution in [1.29, 1.82) is 0 Å². The van der Waals surface area contributed by atoms with Crippen molar-refractivity contribution in [1.82, 2.24) is 19.7 Å². The summed E-state index contributed by atoms with van der Waals surface area (Å²) >= 11 is 0. The molecule has 2 aliphatic rings. The maximum atomic E-state index is 12.7. The average molecular weight is 276 g/mol. The van der Waals surface area contributed by atoms with Gasteiger partial charge < -0.3 is 19.7 Å². The Bertz CT molecular complexity index is 456. The van der Waals surface area contributed by atoms with E-state index in [1.807, 2.05) is 17.0 Å². The Kier molecular flexibility index (Phi) is 4.08. The molecule has 0 aliphatic carbocycles. The van der Waals surface area contributed by atoms with E-state index in [2.05, 4.69) is 28.0 Å². The van der Waals surface area contributed by atoms with Gasteiger partial charge in [0.25, 0.3) is 5.91 Å². The molecule has 1 amide bonds. The van der Waals surface area contributed by atoms with Crippen LogP contribution in [0.3, 0.4) is 0 Å². The number of piperidine rings is 1. The van der Waals surface area contributed by atoms with Crippen molar-refractivity contribution >= 4 is 5.91 Å². The lowest BCUT2D eigenvalue weighted by Gasteiger charge is -2.33. The van der Waals surface area contributed by atoms with Gasteiger partial charge in [0.2, 0.25) is 0 Å². The van der Waals surface area contributed by atoms with Crippen molar-refractivity contribution in [3.63, 3.8) is 0 Å². The van der Waals surface area contributed by atoms with Gasteiger partial charge in [-0.25, -0.2) is 0 Å². The fraction of sp³-hybridized carbons (Fsp3) is 0.667. The highest BCUT2D eigenvalue weighted by atomic mass is 16.2. The van der Waals surface area contributed by atoms with Gasteiger partial charge in [0, 0.05) is 38.4 Å². The highest BCUT2D eigenvalue weighted by Crippen LogP contribution is 2.22. The van der Waals surface area contributed by atoms with Crippen LogP contribution in [0, 0.1) is 0 Å². The van der Waals surface area contributed by atoms with Crippen LogP contribution >= 0.6 is 0 Å². The monoisotopic (exact) mass is 276 g/mol. The normalized spacial score (nSPS) is 22.1. The molecule has 110 valence electrons. The summed E-state index contributed by atoms with van der Waals surface area (Å²) < 4.78 is 2.20. The lowest BCUT2D eigenvalue weighted by Crippen LogP contribution is -2.47. The first-order valence-corrected chi connectivity index (χ1v) is 7.61. The van der Waals surface area contributed by atoms with Gasteiger partial charge in [-0.2, -0.15) is 0 Å². The summed E-state index contributed by atoms with van der Waals surface area (Å²) in [5.41, 5.74) is 0.862. The van der Waals surface area contributed by atoms with Crippen LogP contribution in [-0.4, -0.2) is 66.6 Å². The Labute approximate surface area is 120 Å². The van der Waals surface area contributed by atoms with Crippen LogP contribution in [0.4, 0.5) is 0 Å². The van der Waals surface area contributed by atoms with Crippen LogP contribution in [0.5, 0.6) is 0 Å². The van der Waals surface area contributed by atoms with Gasteiger partial charge in [-0.3, -0.25) is 4.79 Å². The third-order valence-electron chi connectivity index (χ3n) is 4.49. The molecule has 0 spiro atoms. The van der Waals surface area contributed by atoms with Crippen LogP contribution in [0.1, 0.15) is 29.4 Å². The van der Waals surface area contributed by atoms with Gasteiger partial charge in [0.15, 0.2) is 0 Å². The van der Waals surface area contributed by atoms with E-state index in [9.17, 15) is 4.79 Å². The smallest absolute Gasteiger partial charge is 0.270 e. The number of nitrogens with one attached hydrogen (secondary N) is 1. The van der Waals surface area contributed by atoms with Crippen LogP contribution in [-0.2, 0) is 0 Å². The molecular weight excluding hydrogens is 252 g/mol. The fourth-order valence-corrected chi connectivity index (χ4v) is 3.15. The second-order valence-electron chi connectivity index (χ2n) is 5.88. The van der Waals surface area contributed by atoms with Crippen LogP contribution < -0.4 is 5.32 Å². The van der Waals surface area contributed by atoms with Crippen molar-refractivity contribution in [3.8, 4) is 0 Å². The lowest BCUT2D eigenvalue weighted by molar-refractivity contribution is 0.0649. The van der Waals surface area contributed by atoms with Crippen molar-refractivity contribution < 1.29 is 4.79 Å². The number of amides is 1. The molecule has 2 saturated heterocycles. The van der Waals surface area contributed by atoms with E-state index in [4.69, 9.17) is 0 Å². The molecule has 2 fully saturated rings. The van der Waals surface area contributed by atoms with Crippen LogP contribution in [0.15, 0.2) is 18.3 Å². The van der Waals surface area contributed by atoms with E-state index in [1.165, 1.54) is 0 Å². The molecule has 5 heteroatoms. The quantitative estimate of drug-likeness (QED) is 0.868. The number of likely N-dealkylation sites (N-methyl/N-ethyl adjacent to an activating group) is 1. The molecule has 3 heterocycles. The largest absolute Gasteiger partial charge is 0.340 e. The second-order valence-corrected chi connectivity index (χ2v) is 5.88. The predicted octanol–water partition coefficient (Wildman–Crippen LogP) is 0.800. The summed E-state index contributed by atoms with van der Waals surface area (Å²) in [5, 5.41) is 3.38. The number of carbonyl (C=O) groups excluding carboxylic acids is 1. The number of carbonyl (C=O) groups is 1. The van der Waals surface area contributed by atoms with Crippen LogP contribution in [0.25, 0.3) is 0 Å². The molecular formula is C15H24N4O. The number of aromatic nitrogens is 1. The molecule has 1 aromatic rings. The van der Waals surface area contributed by atoms with E-state index in [-0.39, 0.29) is 5.91 Å². The molecule has 1 N–H and O–H groups in total. The van der Waals surface area contributed by atoms with Gasteiger partial charge in [-0.1, -0.05) is 0 Å². The third kappa shape index (κ3) is 2.74.